The van der Waals surface area contributed by atoms with Crippen LogP contribution in [-0.2, 0) is 24.4 Å². The van der Waals surface area contributed by atoms with E-state index in [0.29, 0.717) is 24.2 Å². The molecule has 0 aliphatic heterocycles. The highest BCUT2D eigenvalue weighted by Crippen LogP contribution is 2.24. The number of benzene rings is 3. The maximum absolute atomic E-state index is 14.2. The third-order valence-corrected chi connectivity index (χ3v) is 7.86. The van der Waals surface area contributed by atoms with Crippen molar-refractivity contribution in [2.24, 2.45) is 5.41 Å². The van der Waals surface area contributed by atoms with E-state index in [2.05, 4.69) is 85.3 Å². The van der Waals surface area contributed by atoms with Crippen LogP contribution >= 0.6 is 12.2 Å². The van der Waals surface area contributed by atoms with E-state index in [0.717, 1.165) is 30.5 Å². The molecule has 3 atom stereocenters. The maximum Gasteiger partial charge on any atom is 0.246 e. The van der Waals surface area contributed by atoms with Crippen LogP contribution in [0.4, 0.5) is 0 Å². The molecule has 1 aliphatic rings. The highest BCUT2D eigenvalue weighted by molar-refractivity contribution is 7.80. The van der Waals surface area contributed by atoms with Gasteiger partial charge in [-0.1, -0.05) is 125 Å². The number of carbonyl (C=O) groups is 1. The van der Waals surface area contributed by atoms with E-state index in [1.54, 1.807) is 0 Å². The fourth-order valence-electron chi connectivity index (χ4n) is 5.38. The van der Waals surface area contributed by atoms with Crippen LogP contribution in [0.5, 0.6) is 0 Å². The number of nitrogens with zero attached hydrogens (tertiary/aromatic N) is 1. The van der Waals surface area contributed by atoms with E-state index in [4.69, 9.17) is 12.2 Å². The van der Waals surface area contributed by atoms with Crippen molar-refractivity contribution in [2.45, 2.75) is 84.2 Å². The Kier molecular flexibility index (Phi) is 10.7. The molecule has 0 saturated heterocycles. The first kappa shape index (κ1) is 29.8. The summed E-state index contributed by atoms with van der Waals surface area (Å²) in [5.74, 6) is 0.0479. The number of rotatable bonds is 10. The van der Waals surface area contributed by atoms with Gasteiger partial charge in [-0.3, -0.25) is 4.79 Å². The van der Waals surface area contributed by atoms with Gasteiger partial charge in [0.2, 0.25) is 5.91 Å². The Labute approximate surface area is 245 Å². The largest absolute Gasteiger partial charge is 0.358 e. The predicted molar refractivity (Wildman–Crippen MR) is 169 cm³/mol. The molecule has 3 aromatic carbocycles. The fourth-order valence-corrected chi connectivity index (χ4v) is 5.65. The van der Waals surface area contributed by atoms with E-state index < -0.39 is 6.04 Å². The van der Waals surface area contributed by atoms with Crippen LogP contribution in [-0.4, -0.2) is 34.0 Å². The summed E-state index contributed by atoms with van der Waals surface area (Å²) in [5, 5.41) is 11.3. The average Bonchev–Trinajstić information content (AvgIpc) is 2.96. The number of hydrogen-bond acceptors (Lipinski definition) is 3. The van der Waals surface area contributed by atoms with Crippen LogP contribution in [0.15, 0.2) is 91.0 Å². The quantitative estimate of drug-likeness (QED) is 0.260. The van der Waals surface area contributed by atoms with Crippen molar-refractivity contribution < 1.29 is 4.79 Å². The summed E-state index contributed by atoms with van der Waals surface area (Å²) >= 11 is 5.86. The van der Waals surface area contributed by atoms with E-state index in [1.165, 1.54) is 18.4 Å². The predicted octanol–water partition coefficient (Wildman–Crippen LogP) is 6.20. The van der Waals surface area contributed by atoms with E-state index in [-0.39, 0.29) is 17.4 Å². The summed E-state index contributed by atoms with van der Waals surface area (Å²) in [6, 6.07) is 31.0. The summed E-state index contributed by atoms with van der Waals surface area (Å²) in [6.45, 7) is 8.20. The second-order valence-corrected chi connectivity index (χ2v) is 12.4. The van der Waals surface area contributed by atoms with Crippen LogP contribution in [0.2, 0.25) is 0 Å². The topological polar surface area (TPSA) is 56.4 Å². The van der Waals surface area contributed by atoms with Gasteiger partial charge in [0.25, 0.3) is 0 Å². The second-order valence-electron chi connectivity index (χ2n) is 11.9. The first-order valence-electron chi connectivity index (χ1n) is 14.5. The van der Waals surface area contributed by atoms with Crippen LogP contribution < -0.4 is 16.0 Å². The van der Waals surface area contributed by atoms with Crippen molar-refractivity contribution >= 4 is 23.2 Å². The summed E-state index contributed by atoms with van der Waals surface area (Å²) in [5.41, 5.74) is 3.15. The molecule has 1 aliphatic carbocycles. The lowest BCUT2D eigenvalue weighted by atomic mass is 9.85. The summed E-state index contributed by atoms with van der Waals surface area (Å²) in [4.78, 5) is 16.2. The van der Waals surface area contributed by atoms with Gasteiger partial charge >= 0.3 is 0 Å². The highest BCUT2D eigenvalue weighted by Gasteiger charge is 2.36. The molecule has 0 aromatic heterocycles. The first-order valence-corrected chi connectivity index (χ1v) is 14.9. The third-order valence-electron chi connectivity index (χ3n) is 7.63. The monoisotopic (exact) mass is 556 g/mol. The number of nitrogens with one attached hydrogen (secondary N) is 3. The molecule has 0 bridgehead atoms. The summed E-state index contributed by atoms with van der Waals surface area (Å²) in [7, 11) is 0. The molecule has 0 radical (unpaired) electrons. The second kappa shape index (κ2) is 14.4. The average molecular weight is 557 g/mol. The molecule has 3 aromatic rings. The molecular weight excluding hydrogens is 512 g/mol. The van der Waals surface area contributed by atoms with Crippen molar-refractivity contribution in [1.29, 1.82) is 0 Å². The molecule has 0 unspecified atom stereocenters. The maximum atomic E-state index is 14.2. The van der Waals surface area contributed by atoms with E-state index in [1.807, 2.05) is 47.4 Å². The molecule has 40 heavy (non-hydrogen) atoms. The van der Waals surface area contributed by atoms with Crippen molar-refractivity contribution in [2.75, 3.05) is 0 Å². The van der Waals surface area contributed by atoms with Crippen molar-refractivity contribution in [3.63, 3.8) is 0 Å². The molecular formula is C34H44N4OS. The lowest BCUT2D eigenvalue weighted by molar-refractivity contribution is -0.137. The molecule has 4 rings (SSSR count). The minimum Gasteiger partial charge on any atom is -0.358 e. The molecule has 1 fully saturated rings. The van der Waals surface area contributed by atoms with Crippen LogP contribution in [0.3, 0.4) is 0 Å². The molecule has 6 heteroatoms. The molecule has 1 saturated carbocycles. The SMILES string of the molecule is CC(C)(C)[C@H](NC(=S)N[C@@H]1CCCC[C@H]1NCc1ccccc1)C(=O)N(Cc1ccccc1)Cc1ccccc1. The van der Waals surface area contributed by atoms with Gasteiger partial charge in [0, 0.05) is 31.7 Å². The number of carbonyl (C=O) groups excluding carboxylic acids is 1. The van der Waals surface area contributed by atoms with E-state index >= 15 is 0 Å². The third kappa shape index (κ3) is 8.90. The lowest BCUT2D eigenvalue weighted by Gasteiger charge is -2.38. The van der Waals surface area contributed by atoms with Gasteiger partial charge in [0.1, 0.15) is 6.04 Å². The lowest BCUT2D eigenvalue weighted by Crippen LogP contribution is -2.59. The zero-order valence-corrected chi connectivity index (χ0v) is 24.9. The smallest absolute Gasteiger partial charge is 0.246 e. The van der Waals surface area contributed by atoms with Gasteiger partial charge in [0.15, 0.2) is 5.11 Å². The number of thiocarbonyl (C=S) groups is 1. The molecule has 5 nitrogen and oxygen atoms in total. The Morgan fingerprint density at radius 2 is 1.27 bits per heavy atom. The van der Waals surface area contributed by atoms with Gasteiger partial charge in [-0.25, -0.2) is 0 Å². The standard InChI is InChI=1S/C34H44N4OS/c1-34(2,3)31(32(39)38(24-27-17-9-5-10-18-27)25-28-19-11-6-12-20-28)37-33(40)36-30-22-14-13-21-29(30)35-23-26-15-7-4-8-16-26/h4-12,15-20,29-31,35H,13-14,21-25H2,1-3H3,(H2,36,37,40)/t29-,30-,31-/m1/s1. The van der Waals surface area contributed by atoms with E-state index in [9.17, 15) is 4.79 Å². The minimum atomic E-state index is -0.473. The van der Waals surface area contributed by atoms with Crippen LogP contribution in [0.25, 0.3) is 0 Å². The Hall–Kier alpha value is -3.22. The molecule has 0 heterocycles. The number of hydrogen-bond donors (Lipinski definition) is 3. The van der Waals surface area contributed by atoms with Gasteiger partial charge in [-0.15, -0.1) is 0 Å². The van der Waals surface area contributed by atoms with Gasteiger partial charge in [-0.2, -0.15) is 0 Å². The normalized spacial score (nSPS) is 18.0. The Balaban J connectivity index is 1.45. The Morgan fingerprint density at radius 1 is 0.800 bits per heavy atom. The summed E-state index contributed by atoms with van der Waals surface area (Å²) < 4.78 is 0. The highest BCUT2D eigenvalue weighted by atomic mass is 32.1. The van der Waals surface area contributed by atoms with Crippen molar-refractivity contribution in [3.8, 4) is 0 Å². The van der Waals surface area contributed by atoms with Crippen molar-refractivity contribution in [3.05, 3.63) is 108 Å². The van der Waals surface area contributed by atoms with Gasteiger partial charge < -0.3 is 20.9 Å². The molecule has 212 valence electrons. The fraction of sp³-hybridized carbons (Fsp3) is 0.412. The number of amides is 1. The van der Waals surface area contributed by atoms with Crippen LogP contribution in [0.1, 0.15) is 63.1 Å². The van der Waals surface area contributed by atoms with Gasteiger partial charge in [0.05, 0.1) is 0 Å². The summed E-state index contributed by atoms with van der Waals surface area (Å²) in [6.07, 6.45) is 4.54. The molecule has 3 N–H and O–H groups in total. The minimum absolute atomic E-state index is 0.0479. The molecule has 0 spiro atoms. The zero-order valence-electron chi connectivity index (χ0n) is 24.1. The Bertz CT molecular complexity index is 1160. The zero-order chi connectivity index (χ0) is 28.4. The first-order chi connectivity index (χ1) is 19.3. The van der Waals surface area contributed by atoms with Crippen molar-refractivity contribution in [1.82, 2.24) is 20.9 Å². The van der Waals surface area contributed by atoms with Gasteiger partial charge in [-0.05, 0) is 47.2 Å². The molecule has 1 amide bonds. The van der Waals surface area contributed by atoms with Crippen LogP contribution in [0, 0.1) is 5.41 Å². The Morgan fingerprint density at radius 3 is 1.77 bits per heavy atom.